The van der Waals surface area contributed by atoms with E-state index in [2.05, 4.69) is 41.3 Å². The molecular formula is C16H27N3. The smallest absolute Gasteiger partial charge is 0.0270 e. The first-order chi connectivity index (χ1) is 9.25. The largest absolute Gasteiger partial charge is 0.314 e. The summed E-state index contributed by atoms with van der Waals surface area (Å²) >= 11 is 0. The van der Waals surface area contributed by atoms with Crippen LogP contribution in [0.15, 0.2) is 24.5 Å². The third-order valence-electron chi connectivity index (χ3n) is 4.29. The van der Waals surface area contributed by atoms with Crippen molar-refractivity contribution < 1.29 is 0 Å². The summed E-state index contributed by atoms with van der Waals surface area (Å²) in [4.78, 5) is 6.55. The lowest BCUT2D eigenvalue weighted by Gasteiger charge is -2.31. The highest BCUT2D eigenvalue weighted by Crippen LogP contribution is 2.14. The number of nitrogens with one attached hydrogen (secondary N) is 1. The fourth-order valence-electron chi connectivity index (χ4n) is 2.79. The molecule has 0 radical (unpaired) electrons. The van der Waals surface area contributed by atoms with Gasteiger partial charge in [0.15, 0.2) is 0 Å². The molecule has 0 spiro atoms. The average molecular weight is 261 g/mol. The normalized spacial score (nSPS) is 21.5. The molecule has 19 heavy (non-hydrogen) atoms. The Hall–Kier alpha value is -0.930. The van der Waals surface area contributed by atoms with E-state index in [0.29, 0.717) is 6.04 Å². The standard InChI is InChI=1S/C16H27N3/c1-14(13-16-5-3-4-9-18-16)19(2)12-8-15-6-10-17-11-7-15/h6-7,10-11,14,16,18H,3-5,8-9,12-13H2,1-2H3. The molecule has 1 saturated heterocycles. The van der Waals surface area contributed by atoms with Crippen molar-refractivity contribution in [1.82, 2.24) is 15.2 Å². The third kappa shape index (κ3) is 4.92. The molecule has 0 aliphatic carbocycles. The minimum atomic E-state index is 0.650. The van der Waals surface area contributed by atoms with Crippen LogP contribution in [0.2, 0.25) is 0 Å². The van der Waals surface area contributed by atoms with Crippen LogP contribution in [0.25, 0.3) is 0 Å². The number of nitrogens with zero attached hydrogens (tertiary/aromatic N) is 2. The van der Waals surface area contributed by atoms with Gasteiger partial charge < -0.3 is 10.2 Å². The molecule has 0 bridgehead atoms. The summed E-state index contributed by atoms with van der Waals surface area (Å²) in [7, 11) is 2.24. The second-order valence-electron chi connectivity index (χ2n) is 5.82. The summed E-state index contributed by atoms with van der Waals surface area (Å²) in [5.74, 6) is 0. The molecular weight excluding hydrogens is 234 g/mol. The number of hydrogen-bond donors (Lipinski definition) is 1. The van der Waals surface area contributed by atoms with Gasteiger partial charge >= 0.3 is 0 Å². The fourth-order valence-corrected chi connectivity index (χ4v) is 2.79. The molecule has 3 nitrogen and oxygen atoms in total. The Labute approximate surface area is 117 Å². The predicted octanol–water partition coefficient (Wildman–Crippen LogP) is 2.48. The van der Waals surface area contributed by atoms with E-state index in [1.807, 2.05) is 12.4 Å². The van der Waals surface area contributed by atoms with E-state index in [9.17, 15) is 0 Å². The van der Waals surface area contributed by atoms with Crippen molar-refractivity contribution in [2.75, 3.05) is 20.1 Å². The van der Waals surface area contributed by atoms with E-state index >= 15 is 0 Å². The maximum absolute atomic E-state index is 4.06. The van der Waals surface area contributed by atoms with Gasteiger partial charge in [-0.2, -0.15) is 0 Å². The van der Waals surface area contributed by atoms with E-state index in [0.717, 1.165) is 19.0 Å². The highest BCUT2D eigenvalue weighted by atomic mass is 15.1. The highest BCUT2D eigenvalue weighted by molar-refractivity contribution is 5.09. The Balaban J connectivity index is 1.71. The van der Waals surface area contributed by atoms with Crippen LogP contribution in [0.5, 0.6) is 0 Å². The topological polar surface area (TPSA) is 28.2 Å². The van der Waals surface area contributed by atoms with Crippen LogP contribution < -0.4 is 5.32 Å². The van der Waals surface area contributed by atoms with Gasteiger partial charge in [-0.05, 0) is 63.9 Å². The quantitative estimate of drug-likeness (QED) is 0.852. The lowest BCUT2D eigenvalue weighted by Crippen LogP contribution is -2.41. The monoisotopic (exact) mass is 261 g/mol. The van der Waals surface area contributed by atoms with Crippen molar-refractivity contribution in [3.05, 3.63) is 30.1 Å². The Bertz CT molecular complexity index is 346. The van der Waals surface area contributed by atoms with E-state index in [1.54, 1.807) is 0 Å². The van der Waals surface area contributed by atoms with Crippen molar-refractivity contribution >= 4 is 0 Å². The van der Waals surface area contributed by atoms with Crippen LogP contribution in [0, 0.1) is 0 Å². The molecule has 1 aromatic rings. The third-order valence-corrected chi connectivity index (χ3v) is 4.29. The second kappa shape index (κ2) is 7.61. The zero-order valence-electron chi connectivity index (χ0n) is 12.3. The number of piperidine rings is 1. The van der Waals surface area contributed by atoms with Gasteiger partial charge in [0.05, 0.1) is 0 Å². The Morgan fingerprint density at radius 3 is 2.84 bits per heavy atom. The van der Waals surface area contributed by atoms with Crippen molar-refractivity contribution in [2.24, 2.45) is 0 Å². The molecule has 0 amide bonds. The SMILES string of the molecule is CC(CC1CCCCN1)N(C)CCc1ccncc1. The van der Waals surface area contributed by atoms with Crippen molar-refractivity contribution in [3.8, 4) is 0 Å². The Kier molecular flexibility index (Phi) is 5.80. The maximum atomic E-state index is 4.06. The maximum Gasteiger partial charge on any atom is 0.0270 e. The molecule has 1 N–H and O–H groups in total. The lowest BCUT2D eigenvalue weighted by molar-refractivity contribution is 0.218. The zero-order valence-corrected chi connectivity index (χ0v) is 12.3. The van der Waals surface area contributed by atoms with Gasteiger partial charge in [0.2, 0.25) is 0 Å². The molecule has 106 valence electrons. The van der Waals surface area contributed by atoms with Crippen LogP contribution in [0.3, 0.4) is 0 Å². The molecule has 1 aliphatic rings. The van der Waals surface area contributed by atoms with Crippen molar-refractivity contribution in [3.63, 3.8) is 0 Å². The van der Waals surface area contributed by atoms with Crippen LogP contribution in [0.4, 0.5) is 0 Å². The van der Waals surface area contributed by atoms with Gasteiger partial charge in [0.25, 0.3) is 0 Å². The van der Waals surface area contributed by atoms with E-state index in [4.69, 9.17) is 0 Å². The van der Waals surface area contributed by atoms with Crippen LogP contribution in [0.1, 0.15) is 38.2 Å². The highest BCUT2D eigenvalue weighted by Gasteiger charge is 2.18. The van der Waals surface area contributed by atoms with E-state index < -0.39 is 0 Å². The van der Waals surface area contributed by atoms with Gasteiger partial charge in [-0.3, -0.25) is 4.98 Å². The summed E-state index contributed by atoms with van der Waals surface area (Å²) in [6, 6.07) is 5.60. The fraction of sp³-hybridized carbons (Fsp3) is 0.688. The summed E-state index contributed by atoms with van der Waals surface area (Å²) in [6.07, 6.45) is 10.2. The van der Waals surface area contributed by atoms with Gasteiger partial charge in [-0.25, -0.2) is 0 Å². The van der Waals surface area contributed by atoms with Gasteiger partial charge in [-0.1, -0.05) is 6.42 Å². The molecule has 1 fully saturated rings. The average Bonchev–Trinajstić information content (AvgIpc) is 2.47. The summed E-state index contributed by atoms with van der Waals surface area (Å²) in [5, 5.41) is 3.64. The Morgan fingerprint density at radius 2 is 2.16 bits per heavy atom. The van der Waals surface area contributed by atoms with E-state index in [-0.39, 0.29) is 0 Å². The number of pyridine rings is 1. The molecule has 2 unspecified atom stereocenters. The van der Waals surface area contributed by atoms with Gasteiger partial charge in [0.1, 0.15) is 0 Å². The molecule has 3 heteroatoms. The molecule has 2 atom stereocenters. The summed E-state index contributed by atoms with van der Waals surface area (Å²) in [6.45, 7) is 4.68. The molecule has 1 aromatic heterocycles. The van der Waals surface area contributed by atoms with Crippen LogP contribution >= 0.6 is 0 Å². The van der Waals surface area contributed by atoms with Gasteiger partial charge in [0, 0.05) is 31.0 Å². The molecule has 0 saturated carbocycles. The minimum Gasteiger partial charge on any atom is -0.314 e. The predicted molar refractivity (Wildman–Crippen MR) is 80.3 cm³/mol. The molecule has 0 aromatic carbocycles. The first kappa shape index (κ1) is 14.5. The summed E-state index contributed by atoms with van der Waals surface area (Å²) in [5.41, 5.74) is 1.38. The first-order valence-corrected chi connectivity index (χ1v) is 7.58. The molecule has 1 aliphatic heterocycles. The number of rotatable bonds is 6. The van der Waals surface area contributed by atoms with Crippen LogP contribution in [-0.2, 0) is 6.42 Å². The Morgan fingerprint density at radius 1 is 1.37 bits per heavy atom. The zero-order chi connectivity index (χ0) is 13.5. The number of hydrogen-bond acceptors (Lipinski definition) is 3. The lowest BCUT2D eigenvalue weighted by atomic mass is 9.98. The molecule has 2 heterocycles. The second-order valence-corrected chi connectivity index (χ2v) is 5.82. The van der Waals surface area contributed by atoms with Crippen molar-refractivity contribution in [1.29, 1.82) is 0 Å². The van der Waals surface area contributed by atoms with E-state index in [1.165, 1.54) is 37.8 Å². The first-order valence-electron chi connectivity index (χ1n) is 7.58. The summed E-state index contributed by atoms with van der Waals surface area (Å²) < 4.78 is 0. The minimum absolute atomic E-state index is 0.650. The number of aromatic nitrogens is 1. The van der Waals surface area contributed by atoms with Crippen molar-refractivity contribution in [2.45, 2.75) is 51.1 Å². The molecule has 2 rings (SSSR count). The number of likely N-dealkylation sites (N-methyl/N-ethyl adjacent to an activating group) is 1. The van der Waals surface area contributed by atoms with Gasteiger partial charge in [-0.15, -0.1) is 0 Å². The van der Waals surface area contributed by atoms with Crippen LogP contribution in [-0.4, -0.2) is 42.1 Å².